The summed E-state index contributed by atoms with van der Waals surface area (Å²) in [5.41, 5.74) is 0. The zero-order valence-electron chi connectivity index (χ0n) is 12.2. The fourth-order valence-electron chi connectivity index (χ4n) is 2.47. The molecule has 0 radical (unpaired) electrons. The molecule has 134 valence electrons. The molecule has 0 aromatic carbocycles. The van der Waals surface area contributed by atoms with Crippen LogP contribution in [0, 0.1) is 0 Å². The first-order chi connectivity index (χ1) is 10.4. The molecule has 1 spiro atoms. The van der Waals surface area contributed by atoms with Crippen molar-refractivity contribution in [2.45, 2.75) is 62.3 Å². The van der Waals surface area contributed by atoms with Crippen LogP contribution in [0.5, 0.6) is 0 Å². The van der Waals surface area contributed by atoms with E-state index in [9.17, 15) is 31.1 Å². The number of halogens is 6. The Morgan fingerprint density at radius 2 is 1.61 bits per heavy atom. The molecule has 23 heavy (non-hydrogen) atoms. The van der Waals surface area contributed by atoms with Gasteiger partial charge in [0.2, 0.25) is 5.79 Å². The van der Waals surface area contributed by atoms with Crippen LogP contribution in [0.15, 0.2) is 0 Å². The van der Waals surface area contributed by atoms with Crippen molar-refractivity contribution in [2.24, 2.45) is 0 Å². The second kappa shape index (κ2) is 5.80. The van der Waals surface area contributed by atoms with E-state index in [0.29, 0.717) is 19.8 Å². The molecular formula is C13H16F6O4. The second-order valence-corrected chi connectivity index (χ2v) is 5.83. The van der Waals surface area contributed by atoms with Gasteiger partial charge in [-0.1, -0.05) is 0 Å². The number of hydrogen-bond donors (Lipinski definition) is 0. The highest BCUT2D eigenvalue weighted by Crippen LogP contribution is 2.44. The van der Waals surface area contributed by atoms with E-state index in [2.05, 4.69) is 4.74 Å². The SMILES string of the molecule is CC(F)(F)C(=O)OC1CCCCC12OCC(F)(F)C(F)(F)CO2. The molecule has 1 heterocycles. The van der Waals surface area contributed by atoms with Crippen LogP contribution in [0.3, 0.4) is 0 Å². The largest absolute Gasteiger partial charge is 0.452 e. The minimum Gasteiger partial charge on any atom is -0.452 e. The predicted molar refractivity (Wildman–Crippen MR) is 63.5 cm³/mol. The van der Waals surface area contributed by atoms with Gasteiger partial charge in [-0.3, -0.25) is 0 Å². The summed E-state index contributed by atoms with van der Waals surface area (Å²) in [6.07, 6.45) is -0.799. The highest BCUT2D eigenvalue weighted by atomic mass is 19.3. The maximum atomic E-state index is 13.4. The normalized spacial score (nSPS) is 29.8. The quantitative estimate of drug-likeness (QED) is 0.567. The van der Waals surface area contributed by atoms with Crippen molar-refractivity contribution in [3.05, 3.63) is 0 Å². The summed E-state index contributed by atoms with van der Waals surface area (Å²) < 4.78 is 93.7. The molecule has 2 fully saturated rings. The number of carbonyl (C=O) groups excluding carboxylic acids is 1. The highest BCUT2D eigenvalue weighted by Gasteiger charge is 2.63. The number of rotatable bonds is 2. The Labute approximate surface area is 128 Å². The number of carbonyl (C=O) groups is 1. The molecule has 1 saturated carbocycles. The van der Waals surface area contributed by atoms with Gasteiger partial charge in [-0.25, -0.2) is 4.79 Å². The first-order valence-corrected chi connectivity index (χ1v) is 7.02. The van der Waals surface area contributed by atoms with Crippen molar-refractivity contribution in [3.8, 4) is 0 Å². The third-order valence-corrected chi connectivity index (χ3v) is 3.87. The zero-order chi connectivity index (χ0) is 17.5. The van der Waals surface area contributed by atoms with Gasteiger partial charge < -0.3 is 14.2 Å². The first kappa shape index (κ1) is 18.3. The van der Waals surface area contributed by atoms with Gasteiger partial charge in [0.05, 0.1) is 0 Å². The minimum absolute atomic E-state index is 0.0149. The van der Waals surface area contributed by atoms with E-state index in [1.807, 2.05) is 0 Å². The lowest BCUT2D eigenvalue weighted by molar-refractivity contribution is -0.300. The lowest BCUT2D eigenvalue weighted by atomic mass is 9.90. The standard InChI is InChI=1S/C13H16F6O4/c1-10(14,15)9(20)23-8-4-2-3-5-11(8)21-6-12(16,17)13(18,19)7-22-11/h8H,2-7H2,1H3. The third-order valence-electron chi connectivity index (χ3n) is 3.87. The zero-order valence-corrected chi connectivity index (χ0v) is 12.2. The Hall–Kier alpha value is -1.03. The van der Waals surface area contributed by atoms with Gasteiger partial charge in [0, 0.05) is 13.3 Å². The van der Waals surface area contributed by atoms with Gasteiger partial charge in [0.1, 0.15) is 13.2 Å². The van der Waals surface area contributed by atoms with Gasteiger partial charge in [0.15, 0.2) is 6.10 Å². The smallest absolute Gasteiger partial charge is 0.377 e. The summed E-state index contributed by atoms with van der Waals surface area (Å²) in [5, 5.41) is 0. The maximum Gasteiger partial charge on any atom is 0.377 e. The molecule has 0 aromatic rings. The van der Waals surface area contributed by atoms with Crippen molar-refractivity contribution in [1.82, 2.24) is 0 Å². The van der Waals surface area contributed by atoms with Crippen molar-refractivity contribution in [1.29, 1.82) is 0 Å². The second-order valence-electron chi connectivity index (χ2n) is 5.83. The molecule has 0 amide bonds. The molecule has 1 unspecified atom stereocenters. The Bertz CT molecular complexity index is 444. The number of ether oxygens (including phenoxy) is 3. The summed E-state index contributed by atoms with van der Waals surface area (Å²) in [6, 6.07) is 0. The molecule has 1 aliphatic heterocycles. The summed E-state index contributed by atoms with van der Waals surface area (Å²) in [4.78, 5) is 11.3. The Balaban J connectivity index is 2.21. The lowest BCUT2D eigenvalue weighted by Crippen LogP contribution is -2.52. The van der Waals surface area contributed by atoms with Crippen LogP contribution in [0.25, 0.3) is 0 Å². The molecule has 1 atom stereocenters. The van der Waals surface area contributed by atoms with Gasteiger partial charge in [-0.15, -0.1) is 0 Å². The Morgan fingerprint density at radius 1 is 1.09 bits per heavy atom. The predicted octanol–water partition coefficient (Wildman–Crippen LogP) is 3.14. The highest BCUT2D eigenvalue weighted by molar-refractivity contribution is 5.77. The average molecular weight is 350 g/mol. The van der Waals surface area contributed by atoms with Gasteiger partial charge >= 0.3 is 23.7 Å². The number of hydrogen-bond acceptors (Lipinski definition) is 4. The molecule has 2 rings (SSSR count). The van der Waals surface area contributed by atoms with Crippen LogP contribution in [0.2, 0.25) is 0 Å². The first-order valence-electron chi connectivity index (χ1n) is 7.02. The summed E-state index contributed by atoms with van der Waals surface area (Å²) >= 11 is 0. The molecule has 2 aliphatic rings. The lowest BCUT2D eigenvalue weighted by Gasteiger charge is -2.41. The van der Waals surface area contributed by atoms with E-state index in [-0.39, 0.29) is 12.8 Å². The fraction of sp³-hybridized carbons (Fsp3) is 0.923. The monoisotopic (exact) mass is 350 g/mol. The molecule has 0 aromatic heterocycles. The van der Waals surface area contributed by atoms with E-state index in [0.717, 1.165) is 0 Å². The molecule has 1 saturated heterocycles. The minimum atomic E-state index is -4.48. The molecular weight excluding hydrogens is 334 g/mol. The number of esters is 1. The van der Waals surface area contributed by atoms with E-state index in [1.54, 1.807) is 0 Å². The van der Waals surface area contributed by atoms with E-state index < -0.39 is 48.8 Å². The van der Waals surface area contributed by atoms with Crippen molar-refractivity contribution >= 4 is 5.97 Å². The van der Waals surface area contributed by atoms with Gasteiger partial charge in [-0.2, -0.15) is 26.3 Å². The number of alkyl halides is 6. The van der Waals surface area contributed by atoms with Crippen LogP contribution in [-0.4, -0.2) is 48.8 Å². The van der Waals surface area contributed by atoms with Crippen molar-refractivity contribution in [3.63, 3.8) is 0 Å². The summed E-state index contributed by atoms with van der Waals surface area (Å²) in [5.74, 6) is -16.7. The summed E-state index contributed by atoms with van der Waals surface area (Å²) in [6.45, 7) is -3.00. The molecule has 1 aliphatic carbocycles. The summed E-state index contributed by atoms with van der Waals surface area (Å²) in [7, 11) is 0. The Kier molecular flexibility index (Phi) is 4.62. The van der Waals surface area contributed by atoms with Gasteiger partial charge in [0.25, 0.3) is 0 Å². The van der Waals surface area contributed by atoms with Crippen LogP contribution < -0.4 is 0 Å². The topological polar surface area (TPSA) is 44.8 Å². The van der Waals surface area contributed by atoms with E-state index in [4.69, 9.17) is 9.47 Å². The van der Waals surface area contributed by atoms with Crippen LogP contribution in [0.4, 0.5) is 26.3 Å². The third kappa shape index (κ3) is 3.57. The van der Waals surface area contributed by atoms with Crippen molar-refractivity contribution in [2.75, 3.05) is 13.2 Å². The van der Waals surface area contributed by atoms with Crippen molar-refractivity contribution < 1.29 is 45.3 Å². The van der Waals surface area contributed by atoms with Crippen LogP contribution in [0.1, 0.15) is 32.6 Å². The van der Waals surface area contributed by atoms with E-state index in [1.165, 1.54) is 0 Å². The van der Waals surface area contributed by atoms with Gasteiger partial charge in [-0.05, 0) is 19.3 Å². The average Bonchev–Trinajstić information content (AvgIpc) is 2.51. The molecule has 0 N–H and O–H groups in total. The molecule has 0 bridgehead atoms. The van der Waals surface area contributed by atoms with Crippen LogP contribution >= 0.6 is 0 Å². The fourth-order valence-corrected chi connectivity index (χ4v) is 2.47. The molecule has 10 heteroatoms. The Morgan fingerprint density at radius 3 is 2.09 bits per heavy atom. The van der Waals surface area contributed by atoms with E-state index >= 15 is 0 Å². The van der Waals surface area contributed by atoms with Crippen LogP contribution in [-0.2, 0) is 19.0 Å². The molecule has 4 nitrogen and oxygen atoms in total. The maximum absolute atomic E-state index is 13.4.